The first-order valence-corrected chi connectivity index (χ1v) is 6.71. The molecule has 0 saturated heterocycles. The third-order valence-corrected chi connectivity index (χ3v) is 2.97. The summed E-state index contributed by atoms with van der Waals surface area (Å²) in [5.41, 5.74) is 2.05. The van der Waals surface area contributed by atoms with Crippen molar-refractivity contribution in [3.05, 3.63) is 41.0 Å². The molecule has 0 amide bonds. The second-order valence-electron chi connectivity index (χ2n) is 4.53. The lowest BCUT2D eigenvalue weighted by atomic mass is 10.1. The van der Waals surface area contributed by atoms with Crippen LogP contribution in [0.3, 0.4) is 0 Å². The molecule has 0 unspecified atom stereocenters. The summed E-state index contributed by atoms with van der Waals surface area (Å²) >= 11 is 0. The summed E-state index contributed by atoms with van der Waals surface area (Å²) < 4.78 is 18.4. The molecule has 20 heavy (non-hydrogen) atoms. The van der Waals surface area contributed by atoms with Gasteiger partial charge in [0, 0.05) is 6.54 Å². The zero-order valence-electron chi connectivity index (χ0n) is 11.7. The minimum absolute atomic E-state index is 0.204. The highest BCUT2D eigenvalue weighted by molar-refractivity contribution is 5.28. The molecule has 0 bridgehead atoms. The molecule has 2 aromatic rings. The predicted molar refractivity (Wildman–Crippen MR) is 75.0 cm³/mol. The van der Waals surface area contributed by atoms with Gasteiger partial charge in [0.15, 0.2) is 0 Å². The molecule has 1 aromatic heterocycles. The van der Waals surface area contributed by atoms with E-state index in [9.17, 15) is 4.39 Å². The van der Waals surface area contributed by atoms with Crippen LogP contribution in [-0.4, -0.2) is 23.3 Å². The molecule has 2 rings (SSSR count). The summed E-state index contributed by atoms with van der Waals surface area (Å²) in [7, 11) is 0. The number of anilines is 1. The maximum atomic E-state index is 13.0. The van der Waals surface area contributed by atoms with Gasteiger partial charge in [0.25, 0.3) is 0 Å². The van der Waals surface area contributed by atoms with Crippen molar-refractivity contribution in [2.45, 2.75) is 26.8 Å². The van der Waals surface area contributed by atoms with Gasteiger partial charge in [0.2, 0.25) is 5.89 Å². The lowest BCUT2D eigenvalue weighted by Gasteiger charge is -2.05. The Balaban J connectivity index is 1.82. The Morgan fingerprint density at radius 3 is 2.90 bits per heavy atom. The normalized spacial score (nSPS) is 10.8. The predicted octanol–water partition coefficient (Wildman–Crippen LogP) is 2.28. The van der Waals surface area contributed by atoms with Gasteiger partial charge in [0.05, 0.1) is 6.54 Å². The standard InChI is InChI=1S/C14H19FN4O/c1-3-16-9-13-18-19-14(20-13)17-7-6-11-4-5-12(15)8-10(11)2/h4-5,8,16H,3,6-7,9H2,1-2H3,(H,17,19). The zero-order valence-corrected chi connectivity index (χ0v) is 11.7. The molecular formula is C14H19FN4O. The van der Waals surface area contributed by atoms with Crippen LogP contribution < -0.4 is 10.6 Å². The van der Waals surface area contributed by atoms with Crippen molar-refractivity contribution in [2.75, 3.05) is 18.4 Å². The molecule has 108 valence electrons. The maximum Gasteiger partial charge on any atom is 0.315 e. The number of hydrogen-bond acceptors (Lipinski definition) is 5. The molecule has 2 N–H and O–H groups in total. The number of nitrogens with one attached hydrogen (secondary N) is 2. The van der Waals surface area contributed by atoms with E-state index in [4.69, 9.17) is 4.42 Å². The Morgan fingerprint density at radius 2 is 2.15 bits per heavy atom. The number of aryl methyl sites for hydroxylation is 1. The molecule has 0 aliphatic rings. The minimum Gasteiger partial charge on any atom is -0.407 e. The Bertz CT molecular complexity index is 556. The molecule has 0 atom stereocenters. The molecule has 5 nitrogen and oxygen atoms in total. The minimum atomic E-state index is -0.204. The molecule has 0 aliphatic heterocycles. The number of benzene rings is 1. The average Bonchev–Trinajstić information content (AvgIpc) is 2.87. The van der Waals surface area contributed by atoms with E-state index in [1.165, 1.54) is 12.1 Å². The van der Waals surface area contributed by atoms with Crippen LogP contribution in [0.4, 0.5) is 10.4 Å². The van der Waals surface area contributed by atoms with Gasteiger partial charge >= 0.3 is 6.01 Å². The van der Waals surface area contributed by atoms with E-state index < -0.39 is 0 Å². The van der Waals surface area contributed by atoms with Crippen molar-refractivity contribution in [3.63, 3.8) is 0 Å². The number of nitrogens with zero attached hydrogens (tertiary/aromatic N) is 2. The van der Waals surface area contributed by atoms with Gasteiger partial charge in [-0.3, -0.25) is 0 Å². The Kier molecular flexibility index (Phi) is 5.06. The highest BCUT2D eigenvalue weighted by atomic mass is 19.1. The van der Waals surface area contributed by atoms with Crippen molar-refractivity contribution in [3.8, 4) is 0 Å². The molecule has 6 heteroatoms. The van der Waals surface area contributed by atoms with Gasteiger partial charge < -0.3 is 15.1 Å². The zero-order chi connectivity index (χ0) is 14.4. The van der Waals surface area contributed by atoms with Crippen molar-refractivity contribution in [2.24, 2.45) is 0 Å². The first-order valence-electron chi connectivity index (χ1n) is 6.71. The summed E-state index contributed by atoms with van der Waals surface area (Å²) in [5, 5.41) is 14.0. The highest BCUT2D eigenvalue weighted by Crippen LogP contribution is 2.11. The largest absolute Gasteiger partial charge is 0.407 e. The van der Waals surface area contributed by atoms with Gasteiger partial charge in [-0.25, -0.2) is 4.39 Å². The van der Waals surface area contributed by atoms with E-state index in [1.807, 2.05) is 13.8 Å². The summed E-state index contributed by atoms with van der Waals surface area (Å²) in [5.74, 6) is 0.358. The van der Waals surface area contributed by atoms with Gasteiger partial charge in [-0.05, 0) is 43.1 Å². The van der Waals surface area contributed by atoms with Gasteiger partial charge in [-0.15, -0.1) is 5.10 Å². The van der Waals surface area contributed by atoms with Crippen LogP contribution in [0, 0.1) is 12.7 Å². The van der Waals surface area contributed by atoms with Gasteiger partial charge in [-0.1, -0.05) is 18.1 Å². The Hall–Kier alpha value is -1.95. The topological polar surface area (TPSA) is 63.0 Å². The molecule has 1 heterocycles. The second kappa shape index (κ2) is 7.00. The number of rotatable bonds is 7. The van der Waals surface area contributed by atoms with E-state index in [-0.39, 0.29) is 5.82 Å². The molecule has 0 saturated carbocycles. The molecule has 0 radical (unpaired) electrons. The van der Waals surface area contributed by atoms with Crippen LogP contribution in [0.15, 0.2) is 22.6 Å². The van der Waals surface area contributed by atoms with Crippen molar-refractivity contribution in [1.29, 1.82) is 0 Å². The van der Waals surface area contributed by atoms with E-state index in [2.05, 4.69) is 20.8 Å². The van der Waals surface area contributed by atoms with Crippen LogP contribution in [0.5, 0.6) is 0 Å². The SMILES string of the molecule is CCNCc1nnc(NCCc2ccc(F)cc2C)o1. The van der Waals surface area contributed by atoms with E-state index in [0.29, 0.717) is 25.0 Å². The first-order chi connectivity index (χ1) is 9.69. The quantitative estimate of drug-likeness (QED) is 0.813. The average molecular weight is 278 g/mol. The summed E-state index contributed by atoms with van der Waals surface area (Å²) in [6.07, 6.45) is 0.775. The second-order valence-corrected chi connectivity index (χ2v) is 4.53. The van der Waals surface area contributed by atoms with Gasteiger partial charge in [0.1, 0.15) is 5.82 Å². The molecular weight excluding hydrogens is 259 g/mol. The maximum absolute atomic E-state index is 13.0. The molecule has 0 spiro atoms. The summed E-state index contributed by atoms with van der Waals surface area (Å²) in [6.45, 7) is 6.01. The lowest BCUT2D eigenvalue weighted by molar-refractivity contribution is 0.481. The number of halogens is 1. The monoisotopic (exact) mass is 278 g/mol. The fraction of sp³-hybridized carbons (Fsp3) is 0.429. The fourth-order valence-corrected chi connectivity index (χ4v) is 1.87. The van der Waals surface area contributed by atoms with E-state index >= 15 is 0 Å². The van der Waals surface area contributed by atoms with Crippen LogP contribution >= 0.6 is 0 Å². The van der Waals surface area contributed by atoms with E-state index in [1.54, 1.807) is 6.07 Å². The smallest absolute Gasteiger partial charge is 0.315 e. The van der Waals surface area contributed by atoms with E-state index in [0.717, 1.165) is 24.1 Å². The third-order valence-electron chi connectivity index (χ3n) is 2.97. The van der Waals surface area contributed by atoms with Crippen LogP contribution in [-0.2, 0) is 13.0 Å². The highest BCUT2D eigenvalue weighted by Gasteiger charge is 2.05. The fourth-order valence-electron chi connectivity index (χ4n) is 1.87. The third kappa shape index (κ3) is 4.03. The number of hydrogen-bond donors (Lipinski definition) is 2. The van der Waals surface area contributed by atoms with Crippen LogP contribution in [0.1, 0.15) is 23.9 Å². The number of aromatic nitrogens is 2. The van der Waals surface area contributed by atoms with Crippen molar-refractivity contribution >= 4 is 6.01 Å². The Labute approximate surface area is 117 Å². The summed E-state index contributed by atoms with van der Waals surface area (Å²) in [4.78, 5) is 0. The molecule has 0 fully saturated rings. The first kappa shape index (κ1) is 14.5. The molecule has 1 aromatic carbocycles. The van der Waals surface area contributed by atoms with Crippen molar-refractivity contribution in [1.82, 2.24) is 15.5 Å². The van der Waals surface area contributed by atoms with Crippen LogP contribution in [0.2, 0.25) is 0 Å². The van der Waals surface area contributed by atoms with Gasteiger partial charge in [-0.2, -0.15) is 0 Å². The molecule has 0 aliphatic carbocycles. The summed E-state index contributed by atoms with van der Waals surface area (Å²) in [6, 6.07) is 5.23. The van der Waals surface area contributed by atoms with Crippen molar-refractivity contribution < 1.29 is 8.81 Å². The lowest BCUT2D eigenvalue weighted by Crippen LogP contribution is -2.11. The van der Waals surface area contributed by atoms with Crippen LogP contribution in [0.25, 0.3) is 0 Å². The Morgan fingerprint density at radius 1 is 1.30 bits per heavy atom.